The first-order chi connectivity index (χ1) is 11.0. The van der Waals surface area contributed by atoms with Gasteiger partial charge in [0.15, 0.2) is 0 Å². The lowest BCUT2D eigenvalue weighted by atomic mass is 9.87. The lowest BCUT2D eigenvalue weighted by Gasteiger charge is -2.32. The van der Waals surface area contributed by atoms with Crippen molar-refractivity contribution in [1.29, 1.82) is 0 Å². The molecule has 0 saturated heterocycles. The Hall–Kier alpha value is -1.80. The summed E-state index contributed by atoms with van der Waals surface area (Å²) in [6.45, 7) is 10.0. The molecule has 0 spiro atoms. The average Bonchev–Trinajstić information content (AvgIpc) is 2.53. The van der Waals surface area contributed by atoms with Crippen LogP contribution in [0.3, 0.4) is 0 Å². The van der Waals surface area contributed by atoms with Gasteiger partial charge in [0.25, 0.3) is 0 Å². The molecule has 1 N–H and O–H groups in total. The molecule has 0 aliphatic carbocycles. The third kappa shape index (κ3) is 4.59. The van der Waals surface area contributed by atoms with Gasteiger partial charge < -0.3 is 5.11 Å². The maximum absolute atomic E-state index is 10.3. The standard InChI is InChI=1S/C21H29NO/c1-16(2)22(17(3)4)15-14-19(18-10-6-5-7-11-18)20-12-8-9-13-21(20)23/h5-13,16-17,19,23H,14-15H2,1-4H3. The van der Waals surface area contributed by atoms with Crippen LogP contribution >= 0.6 is 0 Å². The molecule has 2 aromatic rings. The number of hydrogen-bond acceptors (Lipinski definition) is 2. The van der Waals surface area contributed by atoms with Gasteiger partial charge >= 0.3 is 0 Å². The molecule has 0 aromatic heterocycles. The van der Waals surface area contributed by atoms with Crippen LogP contribution < -0.4 is 0 Å². The molecule has 0 radical (unpaired) electrons. The van der Waals surface area contributed by atoms with Crippen molar-refractivity contribution in [1.82, 2.24) is 4.90 Å². The predicted octanol–water partition coefficient (Wildman–Crippen LogP) is 5.03. The van der Waals surface area contributed by atoms with Crippen molar-refractivity contribution in [3.05, 3.63) is 65.7 Å². The maximum Gasteiger partial charge on any atom is 0.119 e. The fraction of sp³-hybridized carbons (Fsp3) is 0.429. The molecule has 0 heterocycles. The quantitative estimate of drug-likeness (QED) is 0.775. The van der Waals surface area contributed by atoms with Crippen LogP contribution in [-0.2, 0) is 0 Å². The van der Waals surface area contributed by atoms with Crippen molar-refractivity contribution >= 4 is 0 Å². The van der Waals surface area contributed by atoms with Gasteiger partial charge in [-0.3, -0.25) is 4.90 Å². The molecule has 2 rings (SSSR count). The van der Waals surface area contributed by atoms with Gasteiger partial charge in [-0.2, -0.15) is 0 Å². The van der Waals surface area contributed by atoms with Crippen LogP contribution in [0.2, 0.25) is 0 Å². The third-order valence-electron chi connectivity index (χ3n) is 4.52. The van der Waals surface area contributed by atoms with E-state index in [1.807, 2.05) is 24.3 Å². The van der Waals surface area contributed by atoms with Crippen LogP contribution in [0, 0.1) is 0 Å². The molecule has 0 fully saturated rings. The lowest BCUT2D eigenvalue weighted by molar-refractivity contribution is 0.170. The van der Waals surface area contributed by atoms with Gasteiger partial charge in [0.2, 0.25) is 0 Å². The number of benzene rings is 2. The molecule has 0 aliphatic rings. The normalized spacial score (nSPS) is 13.0. The lowest BCUT2D eigenvalue weighted by Crippen LogP contribution is -2.38. The van der Waals surface area contributed by atoms with E-state index in [0.29, 0.717) is 17.8 Å². The summed E-state index contributed by atoms with van der Waals surface area (Å²) >= 11 is 0. The van der Waals surface area contributed by atoms with Crippen LogP contribution in [-0.4, -0.2) is 28.6 Å². The van der Waals surface area contributed by atoms with Gasteiger partial charge in [-0.1, -0.05) is 48.5 Å². The number of aromatic hydroxyl groups is 1. The number of hydrogen-bond donors (Lipinski definition) is 1. The molecular weight excluding hydrogens is 282 g/mol. The third-order valence-corrected chi connectivity index (χ3v) is 4.52. The van der Waals surface area contributed by atoms with E-state index < -0.39 is 0 Å². The van der Waals surface area contributed by atoms with E-state index in [4.69, 9.17) is 0 Å². The van der Waals surface area contributed by atoms with Gasteiger partial charge in [0, 0.05) is 23.6 Å². The minimum Gasteiger partial charge on any atom is -0.508 e. The topological polar surface area (TPSA) is 23.5 Å². The molecule has 0 amide bonds. The molecule has 124 valence electrons. The fourth-order valence-electron chi connectivity index (χ4n) is 3.36. The summed E-state index contributed by atoms with van der Waals surface area (Å²) in [6, 6.07) is 19.3. The van der Waals surface area contributed by atoms with Gasteiger partial charge in [-0.25, -0.2) is 0 Å². The average molecular weight is 311 g/mol. The molecule has 2 aromatic carbocycles. The second-order valence-corrected chi connectivity index (χ2v) is 6.74. The molecule has 2 heteroatoms. The number of phenolic OH excluding ortho intramolecular Hbond substituents is 1. The van der Waals surface area contributed by atoms with E-state index in [0.717, 1.165) is 18.5 Å². The van der Waals surface area contributed by atoms with Crippen LogP contribution in [0.1, 0.15) is 51.2 Å². The Morgan fingerprint density at radius 2 is 1.39 bits per heavy atom. The smallest absolute Gasteiger partial charge is 0.119 e. The Morgan fingerprint density at radius 1 is 0.826 bits per heavy atom. The number of phenols is 1. The highest BCUT2D eigenvalue weighted by Gasteiger charge is 2.20. The van der Waals surface area contributed by atoms with Crippen LogP contribution in [0.15, 0.2) is 54.6 Å². The summed E-state index contributed by atoms with van der Waals surface area (Å²) in [5, 5.41) is 10.3. The van der Waals surface area contributed by atoms with Gasteiger partial charge in [0.1, 0.15) is 5.75 Å². The Balaban J connectivity index is 2.27. The van der Waals surface area contributed by atoms with Crippen molar-refractivity contribution in [2.45, 2.75) is 52.1 Å². The highest BCUT2D eigenvalue weighted by atomic mass is 16.3. The predicted molar refractivity (Wildman–Crippen MR) is 98.0 cm³/mol. The molecule has 23 heavy (non-hydrogen) atoms. The number of para-hydroxylation sites is 1. The minimum absolute atomic E-state index is 0.220. The molecule has 2 nitrogen and oxygen atoms in total. The SMILES string of the molecule is CC(C)N(CCC(c1ccccc1)c1ccccc1O)C(C)C. The highest BCUT2D eigenvalue weighted by Crippen LogP contribution is 2.34. The Bertz CT molecular complexity index is 584. The van der Waals surface area contributed by atoms with E-state index in [2.05, 4.69) is 56.9 Å². The van der Waals surface area contributed by atoms with Crippen LogP contribution in [0.25, 0.3) is 0 Å². The van der Waals surface area contributed by atoms with E-state index in [1.54, 1.807) is 6.07 Å². The molecule has 0 bridgehead atoms. The number of nitrogens with zero attached hydrogens (tertiary/aromatic N) is 1. The van der Waals surface area contributed by atoms with E-state index in [-0.39, 0.29) is 5.92 Å². The zero-order valence-electron chi connectivity index (χ0n) is 14.7. The molecule has 1 atom stereocenters. The number of rotatable bonds is 7. The monoisotopic (exact) mass is 311 g/mol. The van der Waals surface area contributed by atoms with Crippen molar-refractivity contribution in [2.75, 3.05) is 6.54 Å². The van der Waals surface area contributed by atoms with E-state index in [9.17, 15) is 5.11 Å². The zero-order valence-corrected chi connectivity index (χ0v) is 14.7. The van der Waals surface area contributed by atoms with Crippen molar-refractivity contribution in [2.24, 2.45) is 0 Å². The summed E-state index contributed by atoms with van der Waals surface area (Å²) < 4.78 is 0. The van der Waals surface area contributed by atoms with Crippen molar-refractivity contribution < 1.29 is 5.11 Å². The second kappa shape index (κ2) is 8.16. The molecule has 1 unspecified atom stereocenters. The first-order valence-electron chi connectivity index (χ1n) is 8.59. The molecule has 0 aliphatic heterocycles. The largest absolute Gasteiger partial charge is 0.508 e. The van der Waals surface area contributed by atoms with Crippen LogP contribution in [0.4, 0.5) is 0 Å². The first-order valence-corrected chi connectivity index (χ1v) is 8.59. The van der Waals surface area contributed by atoms with Gasteiger partial charge in [-0.05, 0) is 52.3 Å². The van der Waals surface area contributed by atoms with E-state index >= 15 is 0 Å². The summed E-state index contributed by atoms with van der Waals surface area (Å²) in [5.41, 5.74) is 2.28. The summed E-state index contributed by atoms with van der Waals surface area (Å²) in [6.07, 6.45) is 0.998. The molecule has 0 saturated carbocycles. The van der Waals surface area contributed by atoms with Gasteiger partial charge in [0.05, 0.1) is 0 Å². The second-order valence-electron chi connectivity index (χ2n) is 6.74. The Kier molecular flexibility index (Phi) is 6.23. The summed E-state index contributed by atoms with van der Waals surface area (Å²) in [4.78, 5) is 2.51. The maximum atomic E-state index is 10.3. The van der Waals surface area contributed by atoms with Crippen molar-refractivity contribution in [3.63, 3.8) is 0 Å². The van der Waals surface area contributed by atoms with Gasteiger partial charge in [-0.15, -0.1) is 0 Å². The summed E-state index contributed by atoms with van der Waals surface area (Å²) in [7, 11) is 0. The first kappa shape index (κ1) is 17.6. The Morgan fingerprint density at radius 3 is 1.96 bits per heavy atom. The molecular formula is C21H29NO. The minimum atomic E-state index is 0.220. The zero-order chi connectivity index (χ0) is 16.8. The van der Waals surface area contributed by atoms with E-state index in [1.165, 1.54) is 5.56 Å². The van der Waals surface area contributed by atoms with Crippen molar-refractivity contribution in [3.8, 4) is 5.75 Å². The van der Waals surface area contributed by atoms with Crippen LogP contribution in [0.5, 0.6) is 5.75 Å². The Labute approximate surface area is 140 Å². The fourth-order valence-corrected chi connectivity index (χ4v) is 3.36. The highest BCUT2D eigenvalue weighted by molar-refractivity contribution is 5.41. The summed E-state index contributed by atoms with van der Waals surface area (Å²) in [5.74, 6) is 0.611.